The van der Waals surface area contributed by atoms with E-state index in [1.54, 1.807) is 45.9 Å². The normalized spacial score (nSPS) is 14.1. The number of aromatic nitrogens is 3. The summed E-state index contributed by atoms with van der Waals surface area (Å²) in [5.74, 6) is -0.181. The Morgan fingerprint density at radius 2 is 1.80 bits per heavy atom. The number of hydrogen-bond donors (Lipinski definition) is 1. The quantitative estimate of drug-likeness (QED) is 0.430. The monoisotopic (exact) mass is 492 g/mol. The van der Waals surface area contributed by atoms with Crippen LogP contribution in [0.1, 0.15) is 53.5 Å². The van der Waals surface area contributed by atoms with Crippen molar-refractivity contribution in [2.24, 2.45) is 5.92 Å². The van der Waals surface area contributed by atoms with Crippen molar-refractivity contribution in [1.82, 2.24) is 19.9 Å². The summed E-state index contributed by atoms with van der Waals surface area (Å²) in [6.45, 7) is 10.7. The number of fused-ring (bicyclic) bond motifs is 1. The summed E-state index contributed by atoms with van der Waals surface area (Å²) in [5, 5.41) is 6.93. The molecule has 1 atom stereocenters. The molecule has 2 aromatic heterocycles. The van der Waals surface area contributed by atoms with Gasteiger partial charge in [-0.1, -0.05) is 13.8 Å². The topological polar surface area (TPSA) is 77.8 Å². The maximum absolute atomic E-state index is 14.0. The van der Waals surface area contributed by atoms with Gasteiger partial charge in [-0.2, -0.15) is 18.3 Å². The standard InChI is InChI=1S/C25H31F3N4O3/c1-16(2)14-24(6,31-22(33)35-23(3,4)5)15-34-20-8-7-17(13-18(20)25(26,27)28)19-9-11-29-21-10-12-30-32(19)21/h7-13,16H,14-15H2,1-6H3,(H,31,33)/t24-/m0/s1. The van der Waals surface area contributed by atoms with Crippen LogP contribution in [0.4, 0.5) is 18.0 Å². The molecule has 10 heteroatoms. The summed E-state index contributed by atoms with van der Waals surface area (Å²) in [4.78, 5) is 16.5. The van der Waals surface area contributed by atoms with Crippen LogP contribution in [-0.4, -0.2) is 38.4 Å². The van der Waals surface area contributed by atoms with Crippen LogP contribution >= 0.6 is 0 Å². The van der Waals surface area contributed by atoms with E-state index in [1.165, 1.54) is 23.0 Å². The van der Waals surface area contributed by atoms with Crippen LogP contribution in [0.5, 0.6) is 5.75 Å². The molecule has 0 aliphatic carbocycles. The van der Waals surface area contributed by atoms with Crippen LogP contribution in [0.2, 0.25) is 0 Å². The van der Waals surface area contributed by atoms with Crippen LogP contribution in [0.15, 0.2) is 42.7 Å². The number of halogens is 3. The first-order valence-electron chi connectivity index (χ1n) is 11.3. The lowest BCUT2D eigenvalue weighted by Gasteiger charge is -2.33. The van der Waals surface area contributed by atoms with E-state index in [2.05, 4.69) is 15.4 Å². The van der Waals surface area contributed by atoms with E-state index in [0.29, 0.717) is 23.3 Å². The Labute approximate surface area is 202 Å². The number of hydrogen-bond acceptors (Lipinski definition) is 5. The van der Waals surface area contributed by atoms with E-state index in [1.807, 2.05) is 13.8 Å². The predicted octanol–water partition coefficient (Wildman–Crippen LogP) is 6.12. The lowest BCUT2D eigenvalue weighted by Crippen LogP contribution is -2.52. The SMILES string of the molecule is CC(C)C[C@@](C)(COc1ccc(-c2ccnc3ccnn23)cc1C(F)(F)F)NC(=O)OC(C)(C)C. The van der Waals surface area contributed by atoms with Gasteiger partial charge in [-0.3, -0.25) is 0 Å². The maximum Gasteiger partial charge on any atom is 0.419 e. The average molecular weight is 493 g/mol. The van der Waals surface area contributed by atoms with Crippen molar-refractivity contribution in [3.8, 4) is 17.0 Å². The van der Waals surface area contributed by atoms with Gasteiger partial charge in [0.2, 0.25) is 0 Å². The van der Waals surface area contributed by atoms with Crippen LogP contribution < -0.4 is 10.1 Å². The molecule has 0 fully saturated rings. The lowest BCUT2D eigenvalue weighted by molar-refractivity contribution is -0.139. The molecule has 0 spiro atoms. The second-order valence-electron chi connectivity index (χ2n) is 10.2. The third-order valence-corrected chi connectivity index (χ3v) is 5.08. The van der Waals surface area contributed by atoms with Crippen molar-refractivity contribution in [2.75, 3.05) is 6.61 Å². The number of carbonyl (C=O) groups excluding carboxylic acids is 1. The molecule has 0 saturated carbocycles. The second kappa shape index (κ2) is 9.75. The summed E-state index contributed by atoms with van der Waals surface area (Å²) in [7, 11) is 0. The fraction of sp³-hybridized carbons (Fsp3) is 0.480. The molecule has 3 rings (SSSR count). The van der Waals surface area contributed by atoms with Gasteiger partial charge in [0.1, 0.15) is 18.0 Å². The van der Waals surface area contributed by atoms with E-state index < -0.39 is 29.0 Å². The van der Waals surface area contributed by atoms with E-state index in [-0.39, 0.29) is 18.3 Å². The molecule has 0 radical (unpaired) electrons. The Morgan fingerprint density at radius 3 is 2.43 bits per heavy atom. The number of amides is 1. The summed E-state index contributed by atoms with van der Waals surface area (Å²) in [6, 6.07) is 7.13. The predicted molar refractivity (Wildman–Crippen MR) is 126 cm³/mol. The van der Waals surface area contributed by atoms with Crippen molar-refractivity contribution < 1.29 is 27.4 Å². The number of ether oxygens (including phenoxy) is 2. The third-order valence-electron chi connectivity index (χ3n) is 5.08. The summed E-state index contributed by atoms with van der Waals surface area (Å²) in [5.41, 5.74) is -1.28. The van der Waals surface area contributed by atoms with Gasteiger partial charge in [0.05, 0.1) is 23.0 Å². The minimum atomic E-state index is -4.66. The van der Waals surface area contributed by atoms with Crippen molar-refractivity contribution in [3.63, 3.8) is 0 Å². The summed E-state index contributed by atoms with van der Waals surface area (Å²) < 4.78 is 54.6. The van der Waals surface area contributed by atoms with Gasteiger partial charge >= 0.3 is 12.3 Å². The molecule has 0 bridgehead atoms. The van der Waals surface area contributed by atoms with E-state index >= 15 is 0 Å². The minimum Gasteiger partial charge on any atom is -0.491 e. The Hall–Kier alpha value is -3.30. The number of carbonyl (C=O) groups is 1. The summed E-state index contributed by atoms with van der Waals surface area (Å²) in [6.07, 6.45) is -1.80. The molecule has 0 aliphatic rings. The number of rotatable bonds is 7. The first-order valence-corrected chi connectivity index (χ1v) is 11.3. The van der Waals surface area contributed by atoms with Crippen molar-refractivity contribution in [3.05, 3.63) is 48.3 Å². The van der Waals surface area contributed by atoms with Crippen molar-refractivity contribution in [1.29, 1.82) is 0 Å². The van der Waals surface area contributed by atoms with Crippen LogP contribution in [0.25, 0.3) is 16.9 Å². The highest BCUT2D eigenvalue weighted by Crippen LogP contribution is 2.39. The third kappa shape index (κ3) is 6.86. The fourth-order valence-corrected chi connectivity index (χ4v) is 3.92. The van der Waals surface area contributed by atoms with Crippen LogP contribution in [0, 0.1) is 5.92 Å². The molecule has 3 aromatic rings. The minimum absolute atomic E-state index is 0.145. The zero-order valence-electron chi connectivity index (χ0n) is 20.7. The highest BCUT2D eigenvalue weighted by molar-refractivity contribution is 5.69. The molecule has 2 heterocycles. The molecule has 0 saturated heterocycles. The van der Waals surface area contributed by atoms with Gasteiger partial charge in [-0.15, -0.1) is 0 Å². The molecule has 1 N–H and O–H groups in total. The highest BCUT2D eigenvalue weighted by Gasteiger charge is 2.37. The molecule has 1 amide bonds. The van der Waals surface area contributed by atoms with Gasteiger partial charge in [0.25, 0.3) is 0 Å². The molecule has 0 aliphatic heterocycles. The van der Waals surface area contributed by atoms with Gasteiger partial charge < -0.3 is 14.8 Å². The fourth-order valence-electron chi connectivity index (χ4n) is 3.92. The average Bonchev–Trinajstić information content (AvgIpc) is 3.18. The smallest absolute Gasteiger partial charge is 0.419 e. The molecule has 35 heavy (non-hydrogen) atoms. The second-order valence-corrected chi connectivity index (χ2v) is 10.2. The van der Waals surface area contributed by atoms with Crippen molar-refractivity contribution in [2.45, 2.75) is 65.3 Å². The van der Waals surface area contributed by atoms with Crippen LogP contribution in [0.3, 0.4) is 0 Å². The molecule has 0 unspecified atom stereocenters. The Morgan fingerprint density at radius 1 is 1.09 bits per heavy atom. The zero-order valence-corrected chi connectivity index (χ0v) is 20.7. The Balaban J connectivity index is 1.90. The molecule has 7 nitrogen and oxygen atoms in total. The lowest BCUT2D eigenvalue weighted by atomic mass is 9.91. The first kappa shape index (κ1) is 26.3. The molecule has 1 aromatic carbocycles. The zero-order chi connectivity index (χ0) is 26.0. The number of alkyl carbamates (subject to hydrolysis) is 1. The Kier molecular flexibility index (Phi) is 7.33. The van der Waals surface area contributed by atoms with Gasteiger partial charge in [-0.25, -0.2) is 14.3 Å². The maximum atomic E-state index is 14.0. The highest BCUT2D eigenvalue weighted by atomic mass is 19.4. The van der Waals surface area contributed by atoms with Gasteiger partial charge in [0.15, 0.2) is 5.65 Å². The van der Waals surface area contributed by atoms with E-state index in [9.17, 15) is 18.0 Å². The first-order chi connectivity index (χ1) is 16.2. The van der Waals surface area contributed by atoms with Crippen molar-refractivity contribution >= 4 is 11.7 Å². The van der Waals surface area contributed by atoms with E-state index in [4.69, 9.17) is 9.47 Å². The van der Waals surface area contributed by atoms with E-state index in [0.717, 1.165) is 6.07 Å². The largest absolute Gasteiger partial charge is 0.491 e. The van der Waals surface area contributed by atoms with Crippen LogP contribution in [-0.2, 0) is 10.9 Å². The van der Waals surface area contributed by atoms with Gasteiger partial charge in [-0.05, 0) is 64.3 Å². The number of benzene rings is 1. The van der Waals surface area contributed by atoms with Gasteiger partial charge in [0, 0.05) is 17.8 Å². The molecular formula is C25H31F3N4O3. The Bertz CT molecular complexity index is 1180. The number of nitrogens with one attached hydrogen (secondary N) is 1. The summed E-state index contributed by atoms with van der Waals surface area (Å²) >= 11 is 0. The number of alkyl halides is 3. The number of nitrogens with zero attached hydrogens (tertiary/aromatic N) is 3. The molecular weight excluding hydrogens is 461 g/mol. The molecule has 190 valence electrons.